The molecular formula is C26H23N3O2. The highest BCUT2D eigenvalue weighted by molar-refractivity contribution is 6.05. The maximum atomic E-state index is 13.3. The summed E-state index contributed by atoms with van der Waals surface area (Å²) in [4.78, 5) is 32.7. The van der Waals surface area contributed by atoms with Gasteiger partial charge in [-0.1, -0.05) is 61.5 Å². The van der Waals surface area contributed by atoms with Gasteiger partial charge >= 0.3 is 5.69 Å². The third-order valence-electron chi connectivity index (χ3n) is 5.90. The predicted molar refractivity (Wildman–Crippen MR) is 123 cm³/mol. The summed E-state index contributed by atoms with van der Waals surface area (Å²) in [6.07, 6.45) is 1.29. The van der Waals surface area contributed by atoms with E-state index in [0.29, 0.717) is 18.7 Å². The van der Waals surface area contributed by atoms with Crippen molar-refractivity contribution in [3.05, 3.63) is 101 Å². The fraction of sp³-hybridized carbons (Fsp3) is 0.192. The lowest BCUT2D eigenvalue weighted by Crippen LogP contribution is -2.31. The van der Waals surface area contributed by atoms with Crippen LogP contribution in [-0.4, -0.2) is 22.0 Å². The summed E-state index contributed by atoms with van der Waals surface area (Å²) in [5.74, 6) is -0.244. The van der Waals surface area contributed by atoms with Gasteiger partial charge in [-0.3, -0.25) is 9.36 Å². The molecule has 0 fully saturated rings. The summed E-state index contributed by atoms with van der Waals surface area (Å²) < 4.78 is 1.63. The van der Waals surface area contributed by atoms with Crippen LogP contribution in [0.5, 0.6) is 0 Å². The third kappa shape index (κ3) is 3.22. The number of aromatic nitrogens is 2. The van der Waals surface area contributed by atoms with Crippen LogP contribution < -0.4 is 10.6 Å². The van der Waals surface area contributed by atoms with Crippen molar-refractivity contribution in [3.8, 4) is 5.69 Å². The topological polar surface area (TPSA) is 55.2 Å². The SMILES string of the molecule is CCCN1C(=O)C(Cc2nc(=O)n(-c3ccccc3)c3ccccc23)c2ccccc21. The van der Waals surface area contributed by atoms with Crippen molar-refractivity contribution >= 4 is 22.5 Å². The van der Waals surface area contributed by atoms with Crippen LogP contribution in [0.4, 0.5) is 5.69 Å². The first-order chi connectivity index (χ1) is 15.2. The van der Waals surface area contributed by atoms with Gasteiger partial charge in [0.1, 0.15) is 0 Å². The second-order valence-electron chi connectivity index (χ2n) is 7.83. The Morgan fingerprint density at radius 1 is 0.871 bits per heavy atom. The largest absolute Gasteiger partial charge is 0.352 e. The van der Waals surface area contributed by atoms with E-state index in [4.69, 9.17) is 0 Å². The predicted octanol–water partition coefficient (Wildman–Crippen LogP) is 4.47. The first kappa shape index (κ1) is 19.2. The molecule has 0 saturated carbocycles. The van der Waals surface area contributed by atoms with Crippen LogP contribution in [-0.2, 0) is 11.2 Å². The van der Waals surface area contributed by atoms with E-state index >= 15 is 0 Å². The molecule has 0 aliphatic carbocycles. The summed E-state index contributed by atoms with van der Waals surface area (Å²) in [5, 5.41) is 0.894. The van der Waals surface area contributed by atoms with Crippen molar-refractivity contribution in [1.82, 2.24) is 9.55 Å². The van der Waals surface area contributed by atoms with Crippen LogP contribution >= 0.6 is 0 Å². The Morgan fingerprint density at radius 2 is 1.58 bits per heavy atom. The quantitative estimate of drug-likeness (QED) is 0.489. The fourth-order valence-electron chi connectivity index (χ4n) is 4.54. The number of para-hydroxylation sites is 3. The minimum Gasteiger partial charge on any atom is -0.312 e. The summed E-state index contributed by atoms with van der Waals surface area (Å²) in [7, 11) is 0. The number of carbonyl (C=O) groups excluding carboxylic acids is 1. The van der Waals surface area contributed by atoms with Gasteiger partial charge in [0.25, 0.3) is 0 Å². The van der Waals surface area contributed by atoms with E-state index in [9.17, 15) is 9.59 Å². The number of hydrogen-bond acceptors (Lipinski definition) is 3. The molecule has 1 amide bonds. The second-order valence-corrected chi connectivity index (χ2v) is 7.83. The number of benzene rings is 3. The van der Waals surface area contributed by atoms with E-state index in [2.05, 4.69) is 11.9 Å². The minimum absolute atomic E-state index is 0.0844. The smallest absolute Gasteiger partial charge is 0.312 e. The zero-order chi connectivity index (χ0) is 21.4. The van der Waals surface area contributed by atoms with Gasteiger partial charge in [-0.2, -0.15) is 4.98 Å². The van der Waals surface area contributed by atoms with Crippen molar-refractivity contribution < 1.29 is 4.79 Å². The van der Waals surface area contributed by atoms with Gasteiger partial charge in [0.2, 0.25) is 5.91 Å². The van der Waals surface area contributed by atoms with Crippen LogP contribution in [0.25, 0.3) is 16.6 Å². The number of anilines is 1. The molecule has 154 valence electrons. The number of carbonyl (C=O) groups is 1. The molecule has 0 spiro atoms. The zero-order valence-electron chi connectivity index (χ0n) is 17.4. The molecule has 1 aliphatic rings. The first-order valence-corrected chi connectivity index (χ1v) is 10.7. The van der Waals surface area contributed by atoms with Gasteiger partial charge in [0.05, 0.1) is 22.8 Å². The molecule has 1 unspecified atom stereocenters. The molecule has 1 aliphatic heterocycles. The fourth-order valence-corrected chi connectivity index (χ4v) is 4.54. The second kappa shape index (κ2) is 7.84. The van der Waals surface area contributed by atoms with E-state index in [1.807, 2.05) is 83.8 Å². The monoisotopic (exact) mass is 409 g/mol. The average molecular weight is 409 g/mol. The number of fused-ring (bicyclic) bond motifs is 2. The molecule has 5 nitrogen and oxygen atoms in total. The van der Waals surface area contributed by atoms with Crippen molar-refractivity contribution in [1.29, 1.82) is 0 Å². The Bertz CT molecular complexity index is 1330. The number of hydrogen-bond donors (Lipinski definition) is 0. The van der Waals surface area contributed by atoms with Crippen LogP contribution in [0.15, 0.2) is 83.7 Å². The van der Waals surface area contributed by atoms with E-state index in [0.717, 1.165) is 34.3 Å². The molecule has 0 radical (unpaired) electrons. The summed E-state index contributed by atoms with van der Waals surface area (Å²) in [5.41, 5.74) is 3.90. The number of amides is 1. The number of nitrogens with zero attached hydrogens (tertiary/aromatic N) is 3. The zero-order valence-corrected chi connectivity index (χ0v) is 17.4. The van der Waals surface area contributed by atoms with Crippen molar-refractivity contribution in [3.63, 3.8) is 0 Å². The van der Waals surface area contributed by atoms with E-state index in [1.54, 1.807) is 4.57 Å². The van der Waals surface area contributed by atoms with Crippen LogP contribution in [0.2, 0.25) is 0 Å². The Labute approximate surface area is 180 Å². The Hall–Kier alpha value is -3.73. The molecule has 0 saturated heterocycles. The molecule has 0 N–H and O–H groups in total. The Balaban J connectivity index is 1.63. The normalized spacial score (nSPS) is 15.5. The molecule has 3 aromatic carbocycles. The highest BCUT2D eigenvalue weighted by Crippen LogP contribution is 2.39. The number of rotatable bonds is 5. The molecule has 5 rings (SSSR count). The first-order valence-electron chi connectivity index (χ1n) is 10.7. The molecule has 4 aromatic rings. The molecular weight excluding hydrogens is 386 g/mol. The van der Waals surface area contributed by atoms with Crippen LogP contribution in [0.1, 0.15) is 30.5 Å². The molecule has 5 heteroatoms. The lowest BCUT2D eigenvalue weighted by molar-refractivity contribution is -0.119. The van der Waals surface area contributed by atoms with Crippen molar-refractivity contribution in [2.45, 2.75) is 25.7 Å². The lowest BCUT2D eigenvalue weighted by Gasteiger charge is -2.17. The maximum Gasteiger partial charge on any atom is 0.352 e. The van der Waals surface area contributed by atoms with Crippen molar-refractivity contribution in [2.24, 2.45) is 0 Å². The Kier molecular flexibility index (Phi) is 4.86. The van der Waals surface area contributed by atoms with Gasteiger partial charge in [-0.15, -0.1) is 0 Å². The Morgan fingerprint density at radius 3 is 2.39 bits per heavy atom. The van der Waals surface area contributed by atoms with Crippen LogP contribution in [0.3, 0.4) is 0 Å². The van der Waals surface area contributed by atoms with E-state index in [1.165, 1.54) is 0 Å². The van der Waals surface area contributed by atoms with Gasteiger partial charge in [-0.25, -0.2) is 4.79 Å². The van der Waals surface area contributed by atoms with E-state index in [-0.39, 0.29) is 17.5 Å². The van der Waals surface area contributed by atoms with E-state index < -0.39 is 0 Å². The summed E-state index contributed by atoms with van der Waals surface area (Å²) in [6, 6.07) is 25.2. The molecule has 2 heterocycles. The molecule has 0 bridgehead atoms. The molecule has 31 heavy (non-hydrogen) atoms. The lowest BCUT2D eigenvalue weighted by atomic mass is 9.94. The van der Waals surface area contributed by atoms with Crippen molar-refractivity contribution in [2.75, 3.05) is 11.4 Å². The summed E-state index contributed by atoms with van der Waals surface area (Å²) >= 11 is 0. The average Bonchev–Trinajstić information content (AvgIpc) is 3.06. The molecule has 1 atom stereocenters. The van der Waals surface area contributed by atoms with Gasteiger partial charge in [0.15, 0.2) is 0 Å². The molecule has 1 aromatic heterocycles. The van der Waals surface area contributed by atoms with Gasteiger partial charge in [0, 0.05) is 24.0 Å². The highest BCUT2D eigenvalue weighted by Gasteiger charge is 2.37. The standard InChI is InChI=1S/C26H23N3O2/c1-2-16-28-23-14-8-6-12-19(23)21(25(28)30)17-22-20-13-7-9-15-24(20)29(26(31)27-22)18-10-4-3-5-11-18/h3-15,21H,2,16-17H2,1H3. The van der Waals surface area contributed by atoms with Crippen LogP contribution in [0, 0.1) is 0 Å². The minimum atomic E-state index is -0.330. The third-order valence-corrected chi connectivity index (χ3v) is 5.90. The van der Waals surface area contributed by atoms with Gasteiger partial charge < -0.3 is 4.90 Å². The van der Waals surface area contributed by atoms with Gasteiger partial charge in [-0.05, 0) is 36.2 Å². The maximum absolute atomic E-state index is 13.3. The summed E-state index contributed by atoms with van der Waals surface area (Å²) in [6.45, 7) is 2.76. The highest BCUT2D eigenvalue weighted by atomic mass is 16.2.